The van der Waals surface area contributed by atoms with Gasteiger partial charge in [0.25, 0.3) is 5.91 Å². The summed E-state index contributed by atoms with van der Waals surface area (Å²) in [6.45, 7) is 1.76. The molecule has 6 rings (SSSR count). The van der Waals surface area contributed by atoms with E-state index in [0.29, 0.717) is 46.1 Å². The highest BCUT2D eigenvalue weighted by molar-refractivity contribution is 6.30. The first kappa shape index (κ1) is 27.8. The Morgan fingerprint density at radius 1 is 1.05 bits per heavy atom. The van der Waals surface area contributed by atoms with Crippen molar-refractivity contribution in [2.45, 2.75) is 19.4 Å². The third-order valence-corrected chi connectivity index (χ3v) is 7.45. The lowest BCUT2D eigenvalue weighted by atomic mass is 9.91. The van der Waals surface area contributed by atoms with Crippen LogP contribution in [0, 0.1) is 0 Å². The summed E-state index contributed by atoms with van der Waals surface area (Å²) in [4.78, 5) is 40.9. The molecule has 3 heterocycles. The van der Waals surface area contributed by atoms with E-state index in [2.05, 4.69) is 31.3 Å². The van der Waals surface area contributed by atoms with Crippen molar-refractivity contribution in [2.75, 3.05) is 17.2 Å². The maximum absolute atomic E-state index is 13.9. The van der Waals surface area contributed by atoms with Gasteiger partial charge in [-0.2, -0.15) is 9.78 Å². The minimum Gasteiger partial charge on any atom is -0.324 e. The third-order valence-electron chi connectivity index (χ3n) is 7.22. The molecule has 5 aromatic rings. The molecule has 0 spiro atoms. The lowest BCUT2D eigenvalue weighted by Gasteiger charge is -2.35. The predicted molar refractivity (Wildman–Crippen MR) is 161 cm³/mol. The number of carbonyl (C=O) groups excluding carboxylic acids is 3. The maximum Gasteiger partial charge on any atom is 0.251 e. The first-order valence-corrected chi connectivity index (χ1v) is 13.8. The Hall–Kier alpha value is -5.36. The van der Waals surface area contributed by atoms with Crippen LogP contribution in [0.5, 0.6) is 0 Å². The van der Waals surface area contributed by atoms with Crippen LogP contribution in [0.15, 0.2) is 73.1 Å². The van der Waals surface area contributed by atoms with E-state index < -0.39 is 6.04 Å². The van der Waals surface area contributed by atoms with E-state index in [1.54, 1.807) is 53.0 Å². The molecule has 216 valence electrons. The lowest BCUT2D eigenvalue weighted by Crippen LogP contribution is -2.44. The summed E-state index contributed by atoms with van der Waals surface area (Å²) in [6, 6.07) is 17.3. The van der Waals surface area contributed by atoms with Crippen molar-refractivity contribution < 1.29 is 14.4 Å². The van der Waals surface area contributed by atoms with Crippen LogP contribution in [0.2, 0.25) is 5.02 Å². The third kappa shape index (κ3) is 5.60. The number of hydrogen-bond acceptors (Lipinski definition) is 7. The number of tetrazole rings is 1. The number of nitrogens with zero attached hydrogens (tertiary/aromatic N) is 7. The van der Waals surface area contributed by atoms with Gasteiger partial charge >= 0.3 is 0 Å². The van der Waals surface area contributed by atoms with Crippen LogP contribution in [0.25, 0.3) is 22.7 Å². The summed E-state index contributed by atoms with van der Waals surface area (Å²) in [6.07, 6.45) is 5.12. The van der Waals surface area contributed by atoms with Crippen LogP contribution in [-0.2, 0) is 27.9 Å². The number of hydrogen-bond donors (Lipinski definition) is 2. The smallest absolute Gasteiger partial charge is 0.251 e. The molecule has 43 heavy (non-hydrogen) atoms. The molecule has 1 atom stereocenters. The van der Waals surface area contributed by atoms with Crippen molar-refractivity contribution in [3.8, 4) is 5.69 Å². The minimum atomic E-state index is -0.875. The zero-order valence-corrected chi connectivity index (χ0v) is 24.0. The van der Waals surface area contributed by atoms with Crippen molar-refractivity contribution in [1.82, 2.24) is 34.9 Å². The Kier molecular flexibility index (Phi) is 7.43. The summed E-state index contributed by atoms with van der Waals surface area (Å²) in [5.74, 6) is -0.560. The highest BCUT2D eigenvalue weighted by atomic mass is 35.5. The topological polar surface area (TPSA) is 140 Å². The van der Waals surface area contributed by atoms with Crippen LogP contribution < -0.4 is 10.6 Å². The number of rotatable bonds is 6. The standard InChI is InChI=1S/C30H26ClN9O3/c1-18(41)33-29-24-16-22(9-11-26(24)38(2)35-29)34-30(43)28-23-6-4-3-5-19(23)13-14-39(28)27(42)12-7-20-15-21(31)8-10-25(20)40-17-32-36-37-40/h3-12,15-17,28H,13-14H2,1-2H3,(H,34,43)(H,33,35,41). The summed E-state index contributed by atoms with van der Waals surface area (Å²) in [5.41, 5.74) is 4.32. The van der Waals surface area contributed by atoms with Gasteiger partial charge in [-0.05, 0) is 70.4 Å². The lowest BCUT2D eigenvalue weighted by molar-refractivity contribution is -0.135. The largest absolute Gasteiger partial charge is 0.324 e. The van der Waals surface area contributed by atoms with E-state index in [9.17, 15) is 14.4 Å². The molecule has 0 bridgehead atoms. The van der Waals surface area contributed by atoms with Crippen molar-refractivity contribution in [1.29, 1.82) is 0 Å². The fourth-order valence-electron chi connectivity index (χ4n) is 5.30. The van der Waals surface area contributed by atoms with E-state index in [-0.39, 0.29) is 17.7 Å². The second-order valence-corrected chi connectivity index (χ2v) is 10.5. The number of benzene rings is 3. The quantitative estimate of drug-likeness (QED) is 0.283. The highest BCUT2D eigenvalue weighted by Gasteiger charge is 2.35. The Morgan fingerprint density at radius 3 is 2.67 bits per heavy atom. The molecule has 0 saturated heterocycles. The molecule has 3 aromatic carbocycles. The molecule has 0 aliphatic carbocycles. The Bertz CT molecular complexity index is 1900. The fourth-order valence-corrected chi connectivity index (χ4v) is 5.48. The number of halogens is 1. The van der Waals surface area contributed by atoms with Crippen molar-refractivity contribution in [3.63, 3.8) is 0 Å². The molecular weight excluding hydrogens is 570 g/mol. The van der Waals surface area contributed by atoms with Gasteiger partial charge in [-0.15, -0.1) is 5.10 Å². The molecule has 0 radical (unpaired) electrons. The Morgan fingerprint density at radius 2 is 1.88 bits per heavy atom. The van der Waals surface area contributed by atoms with E-state index in [4.69, 9.17) is 11.6 Å². The van der Waals surface area contributed by atoms with Crippen molar-refractivity contribution in [3.05, 3.63) is 94.8 Å². The van der Waals surface area contributed by atoms with Crippen molar-refractivity contribution in [2.24, 2.45) is 7.05 Å². The van der Waals surface area contributed by atoms with Crippen LogP contribution in [0.3, 0.4) is 0 Å². The van der Waals surface area contributed by atoms with Crippen LogP contribution in [0.4, 0.5) is 11.5 Å². The number of aryl methyl sites for hydroxylation is 1. The molecule has 12 nitrogen and oxygen atoms in total. The van der Waals surface area contributed by atoms with Gasteiger partial charge in [0.1, 0.15) is 12.4 Å². The zero-order valence-electron chi connectivity index (χ0n) is 23.2. The summed E-state index contributed by atoms with van der Waals surface area (Å²) in [7, 11) is 1.77. The second kappa shape index (κ2) is 11.5. The molecule has 1 unspecified atom stereocenters. The zero-order chi connectivity index (χ0) is 30.1. The minimum absolute atomic E-state index is 0.252. The molecule has 3 amide bonds. The predicted octanol–water partition coefficient (Wildman–Crippen LogP) is 3.94. The molecule has 2 aromatic heterocycles. The second-order valence-electron chi connectivity index (χ2n) is 10.0. The number of carbonyl (C=O) groups is 3. The van der Waals surface area contributed by atoms with Crippen LogP contribution in [0.1, 0.15) is 29.7 Å². The summed E-state index contributed by atoms with van der Waals surface area (Å²) >= 11 is 6.24. The van der Waals surface area contributed by atoms with Crippen molar-refractivity contribution >= 4 is 57.8 Å². The molecule has 0 fully saturated rings. The Labute approximate surface area is 250 Å². The molecule has 1 aliphatic heterocycles. The first-order chi connectivity index (χ1) is 20.8. The molecular formula is C30H26ClN9O3. The van der Waals surface area contributed by atoms with Crippen LogP contribution >= 0.6 is 11.6 Å². The van der Waals surface area contributed by atoms with Gasteiger partial charge < -0.3 is 15.5 Å². The first-order valence-electron chi connectivity index (χ1n) is 13.4. The van der Waals surface area contributed by atoms with Gasteiger partial charge in [-0.3, -0.25) is 19.1 Å². The summed E-state index contributed by atoms with van der Waals surface area (Å²) in [5, 5.41) is 22.5. The van der Waals surface area contributed by atoms with E-state index in [1.165, 1.54) is 24.0 Å². The summed E-state index contributed by atoms with van der Waals surface area (Å²) < 4.78 is 3.13. The number of nitrogens with one attached hydrogen (secondary N) is 2. The van der Waals surface area contributed by atoms with E-state index in [0.717, 1.165) is 16.6 Å². The van der Waals surface area contributed by atoms with Gasteiger partial charge in [0.15, 0.2) is 5.82 Å². The number of amides is 3. The monoisotopic (exact) mass is 595 g/mol. The average Bonchev–Trinajstić information content (AvgIpc) is 3.63. The Balaban J connectivity index is 1.31. The molecule has 0 saturated carbocycles. The number of aromatic nitrogens is 6. The molecule has 13 heteroatoms. The van der Waals surface area contributed by atoms with Gasteiger partial charge in [-0.25, -0.2) is 0 Å². The fraction of sp³-hybridized carbons (Fsp3) is 0.167. The SMILES string of the molecule is CC(=O)Nc1nn(C)c2ccc(NC(=O)C3c4ccccc4CCN3C(=O)C=Cc3cc(Cl)ccc3-n3cnnn3)cc12. The highest BCUT2D eigenvalue weighted by Crippen LogP contribution is 2.33. The maximum atomic E-state index is 13.9. The number of fused-ring (bicyclic) bond motifs is 2. The average molecular weight is 596 g/mol. The van der Waals surface area contributed by atoms with Gasteiger partial charge in [0.2, 0.25) is 11.8 Å². The van der Waals surface area contributed by atoms with Gasteiger partial charge in [0, 0.05) is 48.3 Å². The van der Waals surface area contributed by atoms with Gasteiger partial charge in [-0.1, -0.05) is 35.9 Å². The molecule has 1 aliphatic rings. The van der Waals surface area contributed by atoms with E-state index >= 15 is 0 Å². The number of anilines is 2. The van der Waals surface area contributed by atoms with E-state index in [1.807, 2.05) is 30.3 Å². The normalized spacial score (nSPS) is 14.6. The van der Waals surface area contributed by atoms with Crippen LogP contribution in [-0.4, -0.2) is 59.2 Å². The van der Waals surface area contributed by atoms with Gasteiger partial charge in [0.05, 0.1) is 11.2 Å². The molecule has 2 N–H and O–H groups in total.